The summed E-state index contributed by atoms with van der Waals surface area (Å²) < 4.78 is 93.5. The van der Waals surface area contributed by atoms with Gasteiger partial charge in [-0.2, -0.15) is 4.39 Å². The van der Waals surface area contributed by atoms with Crippen molar-refractivity contribution in [3.8, 4) is 16.9 Å². The Morgan fingerprint density at radius 1 is 0.789 bits per heavy atom. The van der Waals surface area contributed by atoms with E-state index >= 15 is 8.78 Å². The molecule has 1 aliphatic carbocycles. The highest BCUT2D eigenvalue weighted by Gasteiger charge is 2.27. The van der Waals surface area contributed by atoms with Crippen LogP contribution < -0.4 is 4.74 Å². The molecule has 0 radical (unpaired) electrons. The smallest absolute Gasteiger partial charge is 0.201 e. The molecule has 0 bridgehead atoms. The van der Waals surface area contributed by atoms with Gasteiger partial charge in [-0.3, -0.25) is 0 Å². The summed E-state index contributed by atoms with van der Waals surface area (Å²) in [6.45, 7) is 3.59. The van der Waals surface area contributed by atoms with E-state index in [1.54, 1.807) is 25.1 Å². The van der Waals surface area contributed by atoms with E-state index in [0.29, 0.717) is 43.2 Å². The summed E-state index contributed by atoms with van der Waals surface area (Å²) in [5, 5.41) is 0. The Balaban J connectivity index is 1.56. The lowest BCUT2D eigenvalue weighted by molar-refractivity contribution is 0.314. The van der Waals surface area contributed by atoms with Gasteiger partial charge < -0.3 is 4.74 Å². The molecule has 1 unspecified atom stereocenters. The monoisotopic (exact) mass is 530 g/mol. The molecule has 0 aliphatic heterocycles. The second-order valence-corrected chi connectivity index (χ2v) is 9.21. The van der Waals surface area contributed by atoms with Crippen molar-refractivity contribution in [2.24, 2.45) is 0 Å². The highest BCUT2D eigenvalue weighted by atomic mass is 19.2. The Morgan fingerprint density at radius 2 is 1.45 bits per heavy atom. The summed E-state index contributed by atoms with van der Waals surface area (Å²) in [5.74, 6) is -7.49. The maximum atomic E-state index is 15.1. The molecule has 4 rings (SSSR count). The number of hydrogen-bond donors (Lipinski definition) is 0. The third-order valence-electron chi connectivity index (χ3n) is 6.92. The number of benzene rings is 3. The van der Waals surface area contributed by atoms with Gasteiger partial charge in [-0.1, -0.05) is 42.5 Å². The van der Waals surface area contributed by atoms with Crippen LogP contribution in [0.1, 0.15) is 62.1 Å². The lowest BCUT2D eigenvalue weighted by Gasteiger charge is -2.24. The van der Waals surface area contributed by atoms with Crippen molar-refractivity contribution in [2.75, 3.05) is 6.61 Å². The molecule has 0 heterocycles. The van der Waals surface area contributed by atoms with Gasteiger partial charge in [0.25, 0.3) is 0 Å². The molecule has 0 fully saturated rings. The number of allylic oxidation sites excluding steroid dienone is 4. The predicted molar refractivity (Wildman–Crippen MR) is 137 cm³/mol. The maximum Gasteiger partial charge on any atom is 0.201 e. The Bertz CT molecular complexity index is 1390. The van der Waals surface area contributed by atoms with Gasteiger partial charge in [-0.05, 0) is 80.7 Å². The van der Waals surface area contributed by atoms with Gasteiger partial charge in [0.15, 0.2) is 34.8 Å². The van der Waals surface area contributed by atoms with E-state index in [1.165, 1.54) is 18.2 Å². The zero-order valence-electron chi connectivity index (χ0n) is 21.2. The fraction of sp³-hybridized carbons (Fsp3) is 0.290. The lowest BCUT2D eigenvalue weighted by atomic mass is 9.81. The van der Waals surface area contributed by atoms with Crippen molar-refractivity contribution in [3.05, 3.63) is 106 Å². The highest BCUT2D eigenvalue weighted by molar-refractivity contribution is 5.69. The molecule has 0 N–H and O–H groups in total. The Kier molecular flexibility index (Phi) is 8.65. The van der Waals surface area contributed by atoms with Crippen LogP contribution in [-0.2, 0) is 6.42 Å². The molecule has 0 saturated heterocycles. The topological polar surface area (TPSA) is 9.23 Å². The summed E-state index contributed by atoms with van der Waals surface area (Å²) in [7, 11) is 0. The molecular formula is C31H28F6O. The Labute approximate surface area is 218 Å². The van der Waals surface area contributed by atoms with Crippen LogP contribution in [0.25, 0.3) is 16.7 Å². The van der Waals surface area contributed by atoms with E-state index in [2.05, 4.69) is 0 Å². The second kappa shape index (κ2) is 11.9. The molecule has 7 heteroatoms. The van der Waals surface area contributed by atoms with Gasteiger partial charge >= 0.3 is 0 Å². The number of ether oxygens (including phenoxy) is 1. The average molecular weight is 531 g/mol. The van der Waals surface area contributed by atoms with Gasteiger partial charge in [0, 0.05) is 16.7 Å². The molecule has 1 aliphatic rings. The van der Waals surface area contributed by atoms with Crippen LogP contribution in [-0.4, -0.2) is 6.61 Å². The summed E-state index contributed by atoms with van der Waals surface area (Å²) in [6.07, 6.45) is 7.49. The van der Waals surface area contributed by atoms with E-state index < -0.39 is 51.9 Å². The van der Waals surface area contributed by atoms with E-state index in [9.17, 15) is 17.6 Å². The van der Waals surface area contributed by atoms with E-state index in [0.717, 1.165) is 6.07 Å². The highest BCUT2D eigenvalue weighted by Crippen LogP contribution is 2.40. The largest absolute Gasteiger partial charge is 0.491 e. The molecular weight excluding hydrogens is 502 g/mol. The Hall–Kier alpha value is -3.48. The Morgan fingerprint density at radius 3 is 2.11 bits per heavy atom. The zero-order valence-corrected chi connectivity index (χ0v) is 21.2. The third-order valence-corrected chi connectivity index (χ3v) is 6.92. The average Bonchev–Trinajstić information content (AvgIpc) is 2.92. The first-order valence-electron chi connectivity index (χ1n) is 12.6. The molecule has 0 spiro atoms. The molecule has 0 amide bonds. The van der Waals surface area contributed by atoms with Crippen LogP contribution in [0, 0.1) is 34.9 Å². The normalized spacial score (nSPS) is 15.7. The maximum absolute atomic E-state index is 15.1. The number of halogens is 6. The summed E-state index contributed by atoms with van der Waals surface area (Å²) >= 11 is 0. The molecule has 3 aromatic carbocycles. The van der Waals surface area contributed by atoms with E-state index in [4.69, 9.17) is 4.74 Å². The number of hydrogen-bond acceptors (Lipinski definition) is 1. The van der Waals surface area contributed by atoms with Crippen LogP contribution in [0.15, 0.2) is 54.6 Å². The molecule has 3 aromatic rings. The van der Waals surface area contributed by atoms with Crippen LogP contribution in [0.2, 0.25) is 0 Å². The molecule has 200 valence electrons. The van der Waals surface area contributed by atoms with E-state index in [-0.39, 0.29) is 23.5 Å². The predicted octanol–water partition coefficient (Wildman–Crippen LogP) is 9.45. The van der Waals surface area contributed by atoms with Gasteiger partial charge in [0.2, 0.25) is 5.82 Å². The van der Waals surface area contributed by atoms with Crippen LogP contribution >= 0.6 is 0 Å². The van der Waals surface area contributed by atoms with Crippen molar-refractivity contribution >= 4 is 5.57 Å². The minimum Gasteiger partial charge on any atom is -0.491 e. The first-order valence-corrected chi connectivity index (χ1v) is 12.6. The zero-order chi connectivity index (χ0) is 27.4. The van der Waals surface area contributed by atoms with Gasteiger partial charge in [-0.25, -0.2) is 22.0 Å². The molecule has 38 heavy (non-hydrogen) atoms. The van der Waals surface area contributed by atoms with Crippen LogP contribution in [0.3, 0.4) is 0 Å². The fourth-order valence-corrected chi connectivity index (χ4v) is 4.89. The lowest BCUT2D eigenvalue weighted by Crippen LogP contribution is -2.09. The second-order valence-electron chi connectivity index (χ2n) is 9.21. The van der Waals surface area contributed by atoms with Gasteiger partial charge in [0.05, 0.1) is 6.61 Å². The number of aryl methyl sites for hydroxylation is 1. The van der Waals surface area contributed by atoms with Gasteiger partial charge in [-0.15, -0.1) is 0 Å². The van der Waals surface area contributed by atoms with Crippen LogP contribution in [0.5, 0.6) is 5.75 Å². The quantitative estimate of drug-likeness (QED) is 0.208. The first-order chi connectivity index (χ1) is 18.3. The third kappa shape index (κ3) is 5.38. The standard InChI is InChI=1S/C31H28F6O/c1-3-5-6-7-20-12-13-21(27(33)26(20)32)18-8-10-19(11-9-18)22-14-15-23(29(35)28(22)34)24-16-17-25(38-4-2)31(37)30(24)36/h3,5,8,12-17,19H,4,6-7,9-11H2,1-2H3. The number of rotatable bonds is 8. The van der Waals surface area contributed by atoms with Crippen molar-refractivity contribution < 1.29 is 31.1 Å². The van der Waals surface area contributed by atoms with Crippen molar-refractivity contribution in [1.82, 2.24) is 0 Å². The summed E-state index contributed by atoms with van der Waals surface area (Å²) in [5.41, 5.74) is 0.378. The van der Waals surface area contributed by atoms with Crippen LogP contribution in [0.4, 0.5) is 26.3 Å². The van der Waals surface area contributed by atoms with E-state index in [1.807, 2.05) is 19.1 Å². The van der Waals surface area contributed by atoms with Crippen molar-refractivity contribution in [3.63, 3.8) is 0 Å². The molecule has 1 nitrogen and oxygen atoms in total. The van der Waals surface area contributed by atoms with Crippen molar-refractivity contribution in [1.29, 1.82) is 0 Å². The van der Waals surface area contributed by atoms with Gasteiger partial charge in [0.1, 0.15) is 0 Å². The summed E-state index contributed by atoms with van der Waals surface area (Å²) in [6, 6.07) is 8.07. The molecule has 0 saturated carbocycles. The molecule has 1 atom stereocenters. The molecule has 0 aromatic heterocycles. The summed E-state index contributed by atoms with van der Waals surface area (Å²) in [4.78, 5) is 0. The first kappa shape index (κ1) is 27.6. The minimum atomic E-state index is -1.32. The minimum absolute atomic E-state index is 0.0966. The van der Waals surface area contributed by atoms with Crippen molar-refractivity contribution in [2.45, 2.75) is 51.9 Å². The fourth-order valence-electron chi connectivity index (χ4n) is 4.89. The SMILES string of the molecule is CC=CCCc1ccc(C2=CCC(c3ccc(-c4ccc(OCC)c(F)c4F)c(F)c3F)CC2)c(F)c1F.